The summed E-state index contributed by atoms with van der Waals surface area (Å²) in [6.07, 6.45) is 3.43. The number of halogens is 1. The number of nitriles is 1. The van der Waals surface area contributed by atoms with Crippen molar-refractivity contribution in [1.82, 2.24) is 9.88 Å². The Morgan fingerprint density at radius 1 is 1.39 bits per heavy atom. The van der Waals surface area contributed by atoms with Crippen LogP contribution < -0.4 is 10.5 Å². The first kappa shape index (κ1) is 18.2. The normalized spacial score (nSPS) is 16.1. The monoisotopic (exact) mass is 380 g/mol. The molecule has 4 rings (SSSR count). The van der Waals surface area contributed by atoms with Gasteiger partial charge in [0.2, 0.25) is 5.91 Å². The Morgan fingerprint density at radius 2 is 2.18 bits per heavy atom. The Bertz CT molecular complexity index is 995. The summed E-state index contributed by atoms with van der Waals surface area (Å²) in [7, 11) is 1.45. The number of hydrogen-bond donors (Lipinski definition) is 1. The summed E-state index contributed by atoms with van der Waals surface area (Å²) >= 11 is 0. The van der Waals surface area contributed by atoms with Gasteiger partial charge in [-0.05, 0) is 25.0 Å². The van der Waals surface area contributed by atoms with Crippen molar-refractivity contribution in [2.24, 2.45) is 5.92 Å². The molecule has 1 aromatic carbocycles. The second-order valence-electron chi connectivity index (χ2n) is 7.24. The zero-order valence-corrected chi connectivity index (χ0v) is 15.7. The van der Waals surface area contributed by atoms with Crippen molar-refractivity contribution in [1.29, 1.82) is 5.26 Å². The highest BCUT2D eigenvalue weighted by Gasteiger charge is 2.34. The van der Waals surface area contributed by atoms with Gasteiger partial charge in [0.1, 0.15) is 29.0 Å². The highest BCUT2D eigenvalue weighted by Crippen LogP contribution is 2.41. The van der Waals surface area contributed by atoms with Crippen molar-refractivity contribution < 1.29 is 13.9 Å². The van der Waals surface area contributed by atoms with E-state index in [0.717, 1.165) is 19.3 Å². The number of benzene rings is 1. The van der Waals surface area contributed by atoms with Gasteiger partial charge < -0.3 is 15.4 Å². The summed E-state index contributed by atoms with van der Waals surface area (Å²) in [6.45, 7) is 0.841. The fraction of sp³-hybridized carbons (Fsp3) is 0.381. The number of hydrogen-bond acceptors (Lipinski definition) is 5. The number of nitrogens with zero attached hydrogens (tertiary/aromatic N) is 3. The second-order valence-corrected chi connectivity index (χ2v) is 7.24. The average molecular weight is 380 g/mol. The van der Waals surface area contributed by atoms with E-state index in [1.807, 2.05) is 0 Å². The van der Waals surface area contributed by atoms with E-state index in [-0.39, 0.29) is 28.8 Å². The van der Waals surface area contributed by atoms with E-state index >= 15 is 0 Å². The molecule has 28 heavy (non-hydrogen) atoms. The lowest BCUT2D eigenvalue weighted by atomic mass is 9.83. The third kappa shape index (κ3) is 2.85. The standard InChI is InChI=1S/C21H21FN4O2/c1-28-17-7-3-6-15(22)19(17)18-13(10-23)20(24)25-16-8-9-26(11-14(16)18)21(27)12-4-2-5-12/h3,6-7,12H,2,4-5,8-9,11H2,1H3,(H2,24,25). The number of nitrogen functional groups attached to an aromatic ring is 1. The molecule has 1 amide bonds. The molecule has 144 valence electrons. The largest absolute Gasteiger partial charge is 0.496 e. The molecule has 0 saturated heterocycles. The molecule has 2 aromatic rings. The zero-order chi connectivity index (χ0) is 19.8. The first-order valence-corrected chi connectivity index (χ1v) is 9.38. The molecule has 2 heterocycles. The summed E-state index contributed by atoms with van der Waals surface area (Å²) in [5.41, 5.74) is 8.09. The van der Waals surface area contributed by atoms with Crippen LogP contribution in [0.2, 0.25) is 0 Å². The SMILES string of the molecule is COc1cccc(F)c1-c1c(C#N)c(N)nc2c1CN(C(=O)C1CCC1)CC2. The Hall–Kier alpha value is -3.14. The minimum absolute atomic E-state index is 0.0697. The molecular weight excluding hydrogens is 359 g/mol. The lowest BCUT2D eigenvalue weighted by Gasteiger charge is -2.35. The van der Waals surface area contributed by atoms with E-state index in [1.54, 1.807) is 17.0 Å². The van der Waals surface area contributed by atoms with Gasteiger partial charge >= 0.3 is 0 Å². The van der Waals surface area contributed by atoms with Gasteiger partial charge in [0, 0.05) is 36.6 Å². The summed E-state index contributed by atoms with van der Waals surface area (Å²) < 4.78 is 20.2. The molecule has 1 saturated carbocycles. The number of pyridine rings is 1. The lowest BCUT2D eigenvalue weighted by molar-refractivity contribution is -0.139. The lowest BCUT2D eigenvalue weighted by Crippen LogP contribution is -2.42. The molecule has 0 atom stereocenters. The highest BCUT2D eigenvalue weighted by atomic mass is 19.1. The third-order valence-corrected chi connectivity index (χ3v) is 5.70. The van der Waals surface area contributed by atoms with E-state index in [1.165, 1.54) is 13.2 Å². The van der Waals surface area contributed by atoms with Crippen LogP contribution in [0.1, 0.15) is 36.1 Å². The van der Waals surface area contributed by atoms with Gasteiger partial charge in [0.05, 0.1) is 18.4 Å². The Kier molecular flexibility index (Phi) is 4.63. The molecule has 1 aliphatic heterocycles. The Morgan fingerprint density at radius 3 is 2.82 bits per heavy atom. The van der Waals surface area contributed by atoms with Crippen LogP contribution in [0.15, 0.2) is 18.2 Å². The van der Waals surface area contributed by atoms with Crippen molar-refractivity contribution in [3.63, 3.8) is 0 Å². The molecule has 1 fully saturated rings. The van der Waals surface area contributed by atoms with Gasteiger partial charge in [-0.25, -0.2) is 9.37 Å². The molecule has 1 aromatic heterocycles. The highest BCUT2D eigenvalue weighted by molar-refractivity contribution is 5.85. The van der Waals surface area contributed by atoms with Gasteiger partial charge in [0.25, 0.3) is 0 Å². The van der Waals surface area contributed by atoms with Gasteiger partial charge in [-0.2, -0.15) is 5.26 Å². The molecular formula is C21H21FN4O2. The number of fused-ring (bicyclic) bond motifs is 1. The van der Waals surface area contributed by atoms with Gasteiger partial charge in [-0.15, -0.1) is 0 Å². The van der Waals surface area contributed by atoms with Crippen LogP contribution in [0.25, 0.3) is 11.1 Å². The number of methoxy groups -OCH3 is 1. The number of anilines is 1. The second kappa shape index (κ2) is 7.12. The molecule has 7 heteroatoms. The zero-order valence-electron chi connectivity index (χ0n) is 15.7. The Labute approximate surface area is 162 Å². The predicted octanol–water partition coefficient (Wildman–Crippen LogP) is 3.03. The average Bonchev–Trinajstić information content (AvgIpc) is 2.65. The summed E-state index contributed by atoms with van der Waals surface area (Å²) in [4.78, 5) is 18.9. The number of aromatic nitrogens is 1. The first-order chi connectivity index (χ1) is 13.5. The quantitative estimate of drug-likeness (QED) is 0.884. The molecule has 0 unspecified atom stereocenters. The fourth-order valence-corrected chi connectivity index (χ4v) is 3.99. The van der Waals surface area contributed by atoms with Crippen LogP contribution in [0.4, 0.5) is 10.2 Å². The first-order valence-electron chi connectivity index (χ1n) is 9.38. The Balaban J connectivity index is 1.89. The predicted molar refractivity (Wildman–Crippen MR) is 102 cm³/mol. The molecule has 0 spiro atoms. The van der Waals surface area contributed by atoms with Gasteiger partial charge in [-0.3, -0.25) is 4.79 Å². The maximum atomic E-state index is 14.9. The minimum Gasteiger partial charge on any atom is -0.496 e. The van der Waals surface area contributed by atoms with Crippen molar-refractivity contribution in [3.8, 4) is 22.9 Å². The van der Waals surface area contributed by atoms with Crippen molar-refractivity contribution in [2.75, 3.05) is 19.4 Å². The molecule has 2 aliphatic rings. The topological polar surface area (TPSA) is 92.2 Å². The van der Waals surface area contributed by atoms with Crippen LogP contribution in [-0.2, 0) is 17.8 Å². The summed E-state index contributed by atoms with van der Waals surface area (Å²) in [5.74, 6) is 0.0713. The minimum atomic E-state index is -0.508. The molecule has 6 nitrogen and oxygen atoms in total. The van der Waals surface area contributed by atoms with E-state index in [0.29, 0.717) is 42.1 Å². The van der Waals surface area contributed by atoms with Gasteiger partial charge in [-0.1, -0.05) is 12.5 Å². The van der Waals surface area contributed by atoms with Crippen molar-refractivity contribution in [3.05, 3.63) is 40.8 Å². The van der Waals surface area contributed by atoms with Crippen LogP contribution in [0, 0.1) is 23.1 Å². The van der Waals surface area contributed by atoms with Crippen molar-refractivity contribution in [2.45, 2.75) is 32.2 Å². The third-order valence-electron chi connectivity index (χ3n) is 5.70. The van der Waals surface area contributed by atoms with Crippen molar-refractivity contribution >= 4 is 11.7 Å². The van der Waals surface area contributed by atoms with E-state index in [2.05, 4.69) is 11.1 Å². The summed E-state index contributed by atoms with van der Waals surface area (Å²) in [5, 5.41) is 9.71. The summed E-state index contributed by atoms with van der Waals surface area (Å²) in [6, 6.07) is 6.58. The number of nitrogens with two attached hydrogens (primary N) is 1. The van der Waals surface area contributed by atoms with E-state index in [9.17, 15) is 14.4 Å². The molecule has 2 N–H and O–H groups in total. The maximum absolute atomic E-state index is 14.9. The van der Waals surface area contributed by atoms with Crippen LogP contribution in [0.3, 0.4) is 0 Å². The van der Waals surface area contributed by atoms with Crippen LogP contribution in [-0.4, -0.2) is 29.4 Å². The smallest absolute Gasteiger partial charge is 0.225 e. The molecule has 1 aliphatic carbocycles. The number of amides is 1. The molecule has 0 radical (unpaired) electrons. The van der Waals surface area contributed by atoms with Crippen LogP contribution >= 0.6 is 0 Å². The maximum Gasteiger partial charge on any atom is 0.225 e. The fourth-order valence-electron chi connectivity index (χ4n) is 3.99. The number of carbonyl (C=O) groups excluding carboxylic acids is 1. The van der Waals surface area contributed by atoms with E-state index in [4.69, 9.17) is 10.5 Å². The van der Waals surface area contributed by atoms with E-state index < -0.39 is 5.82 Å². The number of ether oxygens (including phenoxy) is 1. The molecule has 0 bridgehead atoms. The number of rotatable bonds is 3. The van der Waals surface area contributed by atoms with Crippen LogP contribution in [0.5, 0.6) is 5.75 Å². The van der Waals surface area contributed by atoms with Gasteiger partial charge in [0.15, 0.2) is 0 Å². The number of carbonyl (C=O) groups is 1.